The summed E-state index contributed by atoms with van der Waals surface area (Å²) >= 11 is 0. The van der Waals surface area contributed by atoms with Gasteiger partial charge in [0.2, 0.25) is 0 Å². The normalized spacial score (nSPS) is 12.5. The highest BCUT2D eigenvalue weighted by Crippen LogP contribution is 2.16. The lowest BCUT2D eigenvalue weighted by Gasteiger charge is -2.20. The first kappa shape index (κ1) is 14.4. The minimum atomic E-state index is -0.481. The minimum Gasteiger partial charge on any atom is -0.365 e. The average molecular weight is 250 g/mol. The molecule has 1 unspecified atom stereocenters. The predicted molar refractivity (Wildman–Crippen MR) is 73.4 cm³/mol. The van der Waals surface area contributed by atoms with E-state index in [0.29, 0.717) is 23.8 Å². The average Bonchev–Trinajstić information content (AvgIpc) is 2.27. The minimum absolute atomic E-state index is 0.0948. The van der Waals surface area contributed by atoms with Gasteiger partial charge in [-0.3, -0.25) is 4.79 Å². The SMILES string of the molecule is Cc1ccc(C(N)=O)c(NC(CN)CC(C)C)n1. The molecule has 1 aromatic rings. The summed E-state index contributed by atoms with van der Waals surface area (Å²) in [5, 5.41) is 3.21. The Hall–Kier alpha value is -1.62. The molecule has 0 bridgehead atoms. The number of hydrogen-bond donors (Lipinski definition) is 3. The van der Waals surface area contributed by atoms with E-state index < -0.39 is 5.91 Å². The number of carbonyl (C=O) groups is 1. The second kappa shape index (κ2) is 6.35. The van der Waals surface area contributed by atoms with Crippen molar-refractivity contribution in [2.24, 2.45) is 17.4 Å². The second-order valence-electron chi connectivity index (χ2n) is 4.92. The van der Waals surface area contributed by atoms with E-state index in [0.717, 1.165) is 12.1 Å². The Morgan fingerprint density at radius 3 is 2.61 bits per heavy atom. The van der Waals surface area contributed by atoms with Crippen LogP contribution in [0.5, 0.6) is 0 Å². The Kier molecular flexibility index (Phi) is 5.09. The zero-order valence-corrected chi connectivity index (χ0v) is 11.2. The van der Waals surface area contributed by atoms with E-state index in [1.807, 2.05) is 6.92 Å². The first-order valence-electron chi connectivity index (χ1n) is 6.18. The molecule has 1 aromatic heterocycles. The zero-order valence-electron chi connectivity index (χ0n) is 11.2. The van der Waals surface area contributed by atoms with Gasteiger partial charge in [0.15, 0.2) is 0 Å². The number of primary amides is 1. The van der Waals surface area contributed by atoms with Gasteiger partial charge in [0.25, 0.3) is 5.91 Å². The fourth-order valence-electron chi connectivity index (χ4n) is 1.84. The topological polar surface area (TPSA) is 94.0 Å². The van der Waals surface area contributed by atoms with Gasteiger partial charge in [-0.25, -0.2) is 4.98 Å². The summed E-state index contributed by atoms with van der Waals surface area (Å²) in [6.07, 6.45) is 0.921. The van der Waals surface area contributed by atoms with Crippen molar-refractivity contribution in [2.45, 2.75) is 33.2 Å². The van der Waals surface area contributed by atoms with Crippen molar-refractivity contribution in [3.05, 3.63) is 23.4 Å². The molecule has 0 aromatic carbocycles. The van der Waals surface area contributed by atoms with Crippen molar-refractivity contribution in [2.75, 3.05) is 11.9 Å². The Morgan fingerprint density at radius 1 is 1.44 bits per heavy atom. The smallest absolute Gasteiger partial charge is 0.252 e. The van der Waals surface area contributed by atoms with E-state index in [2.05, 4.69) is 24.1 Å². The molecule has 18 heavy (non-hydrogen) atoms. The van der Waals surface area contributed by atoms with Crippen molar-refractivity contribution in [1.82, 2.24) is 4.98 Å². The molecule has 100 valence electrons. The molecule has 0 saturated heterocycles. The van der Waals surface area contributed by atoms with E-state index in [4.69, 9.17) is 11.5 Å². The molecule has 1 amide bonds. The van der Waals surface area contributed by atoms with Crippen LogP contribution >= 0.6 is 0 Å². The van der Waals surface area contributed by atoms with Crippen molar-refractivity contribution in [1.29, 1.82) is 0 Å². The number of aromatic nitrogens is 1. The Bertz CT molecular complexity index is 417. The summed E-state index contributed by atoms with van der Waals surface area (Å²) < 4.78 is 0. The summed E-state index contributed by atoms with van der Waals surface area (Å²) in [5.41, 5.74) is 12.3. The molecular weight excluding hydrogens is 228 g/mol. The quantitative estimate of drug-likeness (QED) is 0.708. The maximum absolute atomic E-state index is 11.3. The lowest BCUT2D eigenvalue weighted by atomic mass is 10.0. The second-order valence-corrected chi connectivity index (χ2v) is 4.92. The molecule has 1 rings (SSSR count). The number of nitrogens with one attached hydrogen (secondary N) is 1. The summed E-state index contributed by atoms with van der Waals surface area (Å²) in [4.78, 5) is 15.7. The molecule has 0 spiro atoms. The number of nitrogens with zero attached hydrogens (tertiary/aromatic N) is 1. The number of pyridine rings is 1. The summed E-state index contributed by atoms with van der Waals surface area (Å²) in [6.45, 7) is 6.62. The Labute approximate surface area is 108 Å². The van der Waals surface area contributed by atoms with Crippen LogP contribution in [0.25, 0.3) is 0 Å². The summed E-state index contributed by atoms with van der Waals surface area (Å²) in [6, 6.07) is 3.55. The molecule has 5 N–H and O–H groups in total. The third-order valence-corrected chi connectivity index (χ3v) is 2.68. The van der Waals surface area contributed by atoms with E-state index in [1.165, 1.54) is 0 Å². The number of anilines is 1. The third kappa shape index (κ3) is 4.00. The Morgan fingerprint density at radius 2 is 2.11 bits per heavy atom. The number of amides is 1. The van der Waals surface area contributed by atoms with Crippen LogP contribution in [0, 0.1) is 12.8 Å². The third-order valence-electron chi connectivity index (χ3n) is 2.68. The lowest BCUT2D eigenvalue weighted by molar-refractivity contribution is 0.100. The molecule has 5 nitrogen and oxygen atoms in total. The van der Waals surface area contributed by atoms with Crippen LogP contribution in [0.4, 0.5) is 5.82 Å². The van der Waals surface area contributed by atoms with Crippen LogP contribution in [-0.4, -0.2) is 23.5 Å². The number of nitrogens with two attached hydrogens (primary N) is 2. The van der Waals surface area contributed by atoms with Gasteiger partial charge in [-0.2, -0.15) is 0 Å². The van der Waals surface area contributed by atoms with E-state index in [9.17, 15) is 4.79 Å². The first-order valence-corrected chi connectivity index (χ1v) is 6.18. The number of carbonyl (C=O) groups excluding carboxylic acids is 1. The van der Waals surface area contributed by atoms with Crippen LogP contribution in [-0.2, 0) is 0 Å². The molecule has 0 fully saturated rings. The van der Waals surface area contributed by atoms with E-state index in [1.54, 1.807) is 12.1 Å². The zero-order chi connectivity index (χ0) is 13.7. The molecule has 0 aliphatic carbocycles. The van der Waals surface area contributed by atoms with E-state index in [-0.39, 0.29) is 6.04 Å². The standard InChI is InChI=1S/C13H22N4O/c1-8(2)6-10(7-14)17-13-11(12(15)18)5-4-9(3)16-13/h4-5,8,10H,6-7,14H2,1-3H3,(H2,15,18)(H,16,17). The summed E-state index contributed by atoms with van der Waals surface area (Å²) in [7, 11) is 0. The molecule has 1 heterocycles. The van der Waals surface area contributed by atoms with Crippen molar-refractivity contribution in [3.63, 3.8) is 0 Å². The Balaban J connectivity index is 2.93. The van der Waals surface area contributed by atoms with Gasteiger partial charge in [0.05, 0.1) is 5.56 Å². The van der Waals surface area contributed by atoms with Gasteiger partial charge in [-0.15, -0.1) is 0 Å². The highest BCUT2D eigenvalue weighted by Gasteiger charge is 2.15. The molecule has 0 aliphatic heterocycles. The van der Waals surface area contributed by atoms with Crippen molar-refractivity contribution < 1.29 is 4.79 Å². The van der Waals surface area contributed by atoms with Gasteiger partial charge in [-0.05, 0) is 31.4 Å². The van der Waals surface area contributed by atoms with Gasteiger partial charge in [0, 0.05) is 18.3 Å². The number of hydrogen-bond acceptors (Lipinski definition) is 4. The fraction of sp³-hybridized carbons (Fsp3) is 0.538. The van der Waals surface area contributed by atoms with Crippen LogP contribution in [0.2, 0.25) is 0 Å². The van der Waals surface area contributed by atoms with Crippen molar-refractivity contribution >= 4 is 11.7 Å². The van der Waals surface area contributed by atoms with Crippen molar-refractivity contribution in [3.8, 4) is 0 Å². The van der Waals surface area contributed by atoms with Gasteiger partial charge in [0.1, 0.15) is 5.82 Å². The van der Waals surface area contributed by atoms with Crippen LogP contribution in [0.15, 0.2) is 12.1 Å². The lowest BCUT2D eigenvalue weighted by Crippen LogP contribution is -2.32. The maximum Gasteiger partial charge on any atom is 0.252 e. The molecule has 0 radical (unpaired) electrons. The monoisotopic (exact) mass is 250 g/mol. The molecule has 0 saturated carbocycles. The van der Waals surface area contributed by atoms with Crippen LogP contribution < -0.4 is 16.8 Å². The van der Waals surface area contributed by atoms with Crippen LogP contribution in [0.1, 0.15) is 36.3 Å². The van der Waals surface area contributed by atoms with Gasteiger partial charge >= 0.3 is 0 Å². The number of aryl methyl sites for hydroxylation is 1. The molecular formula is C13H22N4O. The highest BCUT2D eigenvalue weighted by molar-refractivity contribution is 5.97. The molecule has 5 heteroatoms. The van der Waals surface area contributed by atoms with Crippen LogP contribution in [0.3, 0.4) is 0 Å². The molecule has 0 aliphatic rings. The number of rotatable bonds is 6. The first-order chi connectivity index (χ1) is 8.43. The predicted octanol–water partition coefficient (Wildman–Crippen LogP) is 1.27. The largest absolute Gasteiger partial charge is 0.365 e. The molecule has 1 atom stereocenters. The highest BCUT2D eigenvalue weighted by atomic mass is 16.1. The summed E-state index contributed by atoms with van der Waals surface area (Å²) in [5.74, 6) is 0.566. The van der Waals surface area contributed by atoms with Gasteiger partial charge < -0.3 is 16.8 Å². The van der Waals surface area contributed by atoms with Gasteiger partial charge in [-0.1, -0.05) is 13.8 Å². The fourth-order valence-corrected chi connectivity index (χ4v) is 1.84. The maximum atomic E-state index is 11.3. The van der Waals surface area contributed by atoms with E-state index >= 15 is 0 Å².